The van der Waals surface area contributed by atoms with E-state index in [1.807, 2.05) is 0 Å². The van der Waals surface area contributed by atoms with Gasteiger partial charge in [-0.15, -0.1) is 0 Å². The summed E-state index contributed by atoms with van der Waals surface area (Å²) in [6, 6.07) is 0. The molecule has 1 heterocycles. The Morgan fingerprint density at radius 2 is 1.54 bits per heavy atom. The molecule has 11 heteroatoms. The van der Waals surface area contributed by atoms with Crippen molar-refractivity contribution >= 4 is 17.8 Å². The van der Waals surface area contributed by atoms with Gasteiger partial charge in [-0.05, 0) is 12.8 Å². The highest BCUT2D eigenvalue weighted by Crippen LogP contribution is 2.19. The molecule has 138 valence electrons. The smallest absolute Gasteiger partial charge is 0.317 e. The van der Waals surface area contributed by atoms with E-state index in [4.69, 9.17) is 14.9 Å². The second kappa shape index (κ2) is 8.89. The van der Waals surface area contributed by atoms with Crippen LogP contribution < -0.4 is 5.32 Å². The number of aliphatic carboxylic acids is 2. The molecule has 0 aromatic carbocycles. The van der Waals surface area contributed by atoms with Gasteiger partial charge in [0.25, 0.3) is 0 Å². The summed E-state index contributed by atoms with van der Waals surface area (Å²) in [6.45, 7) is -0.262. The second-order valence-electron chi connectivity index (χ2n) is 5.46. The standard InChI is InChI=1S/C13H21NO10/c15-7(3-1-2-5(11(19)20)12(21)22)14-4-6-8(16)9(17)10(18)13(23)24-6/h5-6,8-10,13,16-18,23H,1-4H2,(H,14,15)(H,19,20)(H,21,22)/t6-,8+,9+,10-,13?/m1/s1. The first-order valence-electron chi connectivity index (χ1n) is 7.25. The molecule has 24 heavy (non-hydrogen) atoms. The zero-order valence-electron chi connectivity index (χ0n) is 12.6. The van der Waals surface area contributed by atoms with E-state index in [0.29, 0.717) is 0 Å². The molecule has 1 aliphatic rings. The Morgan fingerprint density at radius 1 is 0.958 bits per heavy atom. The largest absolute Gasteiger partial charge is 0.481 e. The summed E-state index contributed by atoms with van der Waals surface area (Å²) >= 11 is 0. The van der Waals surface area contributed by atoms with Gasteiger partial charge >= 0.3 is 11.9 Å². The molecular formula is C13H21NO10. The van der Waals surface area contributed by atoms with E-state index >= 15 is 0 Å². The molecule has 0 bridgehead atoms. The van der Waals surface area contributed by atoms with Gasteiger partial charge in [0.15, 0.2) is 12.2 Å². The van der Waals surface area contributed by atoms with Gasteiger partial charge in [-0.2, -0.15) is 0 Å². The van der Waals surface area contributed by atoms with Crippen molar-refractivity contribution in [1.82, 2.24) is 5.32 Å². The maximum absolute atomic E-state index is 11.6. The van der Waals surface area contributed by atoms with Gasteiger partial charge < -0.3 is 40.7 Å². The molecule has 1 amide bonds. The summed E-state index contributed by atoms with van der Waals surface area (Å²) in [6.07, 6.45) is -8.03. The molecule has 0 spiro atoms. The fourth-order valence-electron chi connectivity index (χ4n) is 2.22. The van der Waals surface area contributed by atoms with Crippen LogP contribution in [0.5, 0.6) is 0 Å². The average Bonchev–Trinajstić information content (AvgIpc) is 2.50. The molecule has 1 fully saturated rings. The molecule has 1 rings (SSSR count). The number of ether oxygens (including phenoxy) is 1. The quantitative estimate of drug-likeness (QED) is 0.220. The van der Waals surface area contributed by atoms with Crippen LogP contribution in [0, 0.1) is 5.92 Å². The number of nitrogens with one attached hydrogen (secondary N) is 1. The monoisotopic (exact) mass is 351 g/mol. The van der Waals surface area contributed by atoms with Crippen LogP contribution in [0.4, 0.5) is 0 Å². The lowest BCUT2D eigenvalue weighted by atomic mass is 9.99. The summed E-state index contributed by atoms with van der Waals surface area (Å²) in [4.78, 5) is 33.0. The number of hydrogen-bond acceptors (Lipinski definition) is 8. The highest BCUT2D eigenvalue weighted by atomic mass is 16.6. The molecule has 0 radical (unpaired) electrons. The Morgan fingerprint density at radius 3 is 2.08 bits per heavy atom. The second-order valence-corrected chi connectivity index (χ2v) is 5.46. The zero-order valence-corrected chi connectivity index (χ0v) is 12.6. The van der Waals surface area contributed by atoms with Crippen LogP contribution in [0.1, 0.15) is 19.3 Å². The summed E-state index contributed by atoms with van der Waals surface area (Å²) in [7, 11) is 0. The van der Waals surface area contributed by atoms with E-state index in [0.717, 1.165) is 0 Å². The molecule has 1 saturated heterocycles. The van der Waals surface area contributed by atoms with E-state index in [1.54, 1.807) is 0 Å². The molecule has 1 unspecified atom stereocenters. The SMILES string of the molecule is O=C(CCCC(C(=O)O)C(=O)O)NC[C@H]1OC(O)[C@H](O)[C@@H](O)[C@H]1O. The Labute approximate surface area is 136 Å². The first kappa shape index (κ1) is 20.3. The molecule has 0 aliphatic carbocycles. The van der Waals surface area contributed by atoms with Crippen molar-refractivity contribution in [3.8, 4) is 0 Å². The molecule has 1 aliphatic heterocycles. The van der Waals surface area contributed by atoms with Crippen molar-refractivity contribution in [3.63, 3.8) is 0 Å². The Kier molecular flexibility index (Phi) is 7.51. The molecular weight excluding hydrogens is 330 g/mol. The fraction of sp³-hybridized carbons (Fsp3) is 0.769. The van der Waals surface area contributed by atoms with Crippen molar-refractivity contribution in [2.75, 3.05) is 6.54 Å². The molecule has 0 saturated carbocycles. The molecule has 7 N–H and O–H groups in total. The minimum absolute atomic E-state index is 0.0210. The summed E-state index contributed by atoms with van der Waals surface area (Å²) in [5.74, 6) is -5.10. The van der Waals surface area contributed by atoms with E-state index < -0.39 is 54.5 Å². The molecule has 0 aromatic rings. The Hall–Kier alpha value is -1.79. The first-order chi connectivity index (χ1) is 11.1. The average molecular weight is 351 g/mol. The number of rotatable bonds is 8. The number of carboxylic acids is 2. The van der Waals surface area contributed by atoms with Gasteiger partial charge in [0.1, 0.15) is 24.4 Å². The van der Waals surface area contributed by atoms with E-state index in [2.05, 4.69) is 5.32 Å². The summed E-state index contributed by atoms with van der Waals surface area (Å²) in [5.41, 5.74) is 0. The lowest BCUT2D eigenvalue weighted by Crippen LogP contribution is -2.59. The van der Waals surface area contributed by atoms with E-state index in [-0.39, 0.29) is 25.8 Å². The first-order valence-corrected chi connectivity index (χ1v) is 7.25. The van der Waals surface area contributed by atoms with Gasteiger partial charge in [0.05, 0.1) is 0 Å². The highest BCUT2D eigenvalue weighted by molar-refractivity contribution is 5.92. The van der Waals surface area contributed by atoms with Gasteiger partial charge in [0.2, 0.25) is 5.91 Å². The van der Waals surface area contributed by atoms with Crippen LogP contribution >= 0.6 is 0 Å². The number of hydrogen-bond donors (Lipinski definition) is 7. The van der Waals surface area contributed by atoms with Crippen molar-refractivity contribution in [3.05, 3.63) is 0 Å². The third-order valence-corrected chi connectivity index (χ3v) is 3.68. The van der Waals surface area contributed by atoms with Crippen molar-refractivity contribution < 1.29 is 49.8 Å². The number of carbonyl (C=O) groups excluding carboxylic acids is 1. The van der Waals surface area contributed by atoms with Crippen LogP contribution in [0.3, 0.4) is 0 Å². The normalized spacial score (nSPS) is 30.1. The molecule has 11 nitrogen and oxygen atoms in total. The van der Waals surface area contributed by atoms with Gasteiger partial charge in [-0.1, -0.05) is 0 Å². The Balaban J connectivity index is 2.36. The fourth-order valence-corrected chi connectivity index (χ4v) is 2.22. The van der Waals surface area contributed by atoms with Crippen LogP contribution in [0.15, 0.2) is 0 Å². The third kappa shape index (κ3) is 5.39. The minimum Gasteiger partial charge on any atom is -0.481 e. The van der Waals surface area contributed by atoms with Crippen LogP contribution in [-0.2, 0) is 19.1 Å². The lowest BCUT2D eigenvalue weighted by molar-refractivity contribution is -0.280. The summed E-state index contributed by atoms with van der Waals surface area (Å²) in [5, 5.41) is 57.5. The highest BCUT2D eigenvalue weighted by Gasteiger charge is 2.42. The van der Waals surface area contributed by atoms with Crippen LogP contribution in [-0.4, -0.2) is 85.7 Å². The van der Waals surface area contributed by atoms with E-state index in [1.165, 1.54) is 0 Å². The minimum atomic E-state index is -1.71. The van der Waals surface area contributed by atoms with Crippen molar-refractivity contribution in [2.45, 2.75) is 50.0 Å². The predicted octanol–water partition coefficient (Wildman–Crippen LogP) is -3.14. The van der Waals surface area contributed by atoms with Crippen molar-refractivity contribution in [2.24, 2.45) is 5.92 Å². The third-order valence-electron chi connectivity index (χ3n) is 3.68. The number of amides is 1. The van der Waals surface area contributed by atoms with E-state index in [9.17, 15) is 34.8 Å². The molecule has 5 atom stereocenters. The van der Waals surface area contributed by atoms with Gasteiger partial charge in [-0.25, -0.2) is 0 Å². The summed E-state index contributed by atoms with van der Waals surface area (Å²) < 4.78 is 4.86. The van der Waals surface area contributed by atoms with Crippen LogP contribution in [0.2, 0.25) is 0 Å². The predicted molar refractivity (Wildman–Crippen MR) is 74.5 cm³/mol. The van der Waals surface area contributed by atoms with Crippen LogP contribution in [0.25, 0.3) is 0 Å². The lowest BCUT2D eigenvalue weighted by Gasteiger charge is -2.38. The number of aliphatic hydroxyl groups excluding tert-OH is 4. The number of carbonyl (C=O) groups is 3. The van der Waals surface area contributed by atoms with Gasteiger partial charge in [0, 0.05) is 13.0 Å². The van der Waals surface area contributed by atoms with Gasteiger partial charge in [-0.3, -0.25) is 14.4 Å². The maximum atomic E-state index is 11.6. The Bertz CT molecular complexity index is 456. The van der Waals surface area contributed by atoms with Crippen molar-refractivity contribution in [1.29, 1.82) is 0 Å². The number of carboxylic acid groups (broad SMARTS) is 2. The number of aliphatic hydroxyl groups is 4. The maximum Gasteiger partial charge on any atom is 0.317 e. The zero-order chi connectivity index (χ0) is 18.4. The topological polar surface area (TPSA) is 194 Å². The molecule has 0 aromatic heterocycles.